The number of aromatic hydroxyl groups is 1. The summed E-state index contributed by atoms with van der Waals surface area (Å²) in [6.07, 6.45) is 3.72. The number of hydrogen-bond acceptors (Lipinski definition) is 4. The first-order chi connectivity index (χ1) is 10.0. The van der Waals surface area contributed by atoms with Gasteiger partial charge in [0, 0.05) is 26.1 Å². The second-order valence-electron chi connectivity index (χ2n) is 5.81. The highest BCUT2D eigenvalue weighted by Gasteiger charge is 2.27. The smallest absolute Gasteiger partial charge is 0.222 e. The van der Waals surface area contributed by atoms with E-state index in [0.717, 1.165) is 24.8 Å². The molecule has 0 radical (unpaired) electrons. The number of amides is 1. The molecule has 1 aromatic carbocycles. The van der Waals surface area contributed by atoms with Crippen LogP contribution in [-0.4, -0.2) is 36.1 Å². The molecule has 0 aromatic heterocycles. The van der Waals surface area contributed by atoms with Crippen molar-refractivity contribution in [3.63, 3.8) is 0 Å². The zero-order valence-corrected chi connectivity index (χ0v) is 13.9. The van der Waals surface area contributed by atoms with Crippen LogP contribution in [0.3, 0.4) is 0 Å². The number of carbonyl (C=O) groups is 1. The lowest BCUT2D eigenvalue weighted by molar-refractivity contribution is -0.131. The van der Waals surface area contributed by atoms with Gasteiger partial charge in [-0.05, 0) is 36.5 Å². The summed E-state index contributed by atoms with van der Waals surface area (Å²) >= 11 is 0. The fraction of sp³-hybridized carbons (Fsp3) is 0.562. The predicted molar refractivity (Wildman–Crippen MR) is 88.3 cm³/mol. The van der Waals surface area contributed by atoms with Gasteiger partial charge in [0.15, 0.2) is 11.5 Å². The van der Waals surface area contributed by atoms with Crippen LogP contribution in [0.1, 0.15) is 31.2 Å². The van der Waals surface area contributed by atoms with Crippen LogP contribution in [0, 0.1) is 5.92 Å². The average molecular weight is 329 g/mol. The van der Waals surface area contributed by atoms with E-state index >= 15 is 0 Å². The fourth-order valence-electron chi connectivity index (χ4n) is 2.88. The van der Waals surface area contributed by atoms with Crippen LogP contribution in [0.2, 0.25) is 0 Å². The molecular formula is C16H25ClN2O3. The Morgan fingerprint density at radius 3 is 2.77 bits per heavy atom. The lowest BCUT2D eigenvalue weighted by Gasteiger charge is -2.21. The summed E-state index contributed by atoms with van der Waals surface area (Å²) < 4.78 is 5.08. The summed E-state index contributed by atoms with van der Waals surface area (Å²) in [7, 11) is 3.30. The molecule has 124 valence electrons. The van der Waals surface area contributed by atoms with Crippen molar-refractivity contribution >= 4 is 18.3 Å². The Bertz CT molecular complexity index is 510. The maximum atomic E-state index is 12.3. The van der Waals surface area contributed by atoms with Crippen LogP contribution in [0.4, 0.5) is 0 Å². The van der Waals surface area contributed by atoms with Gasteiger partial charge in [0.25, 0.3) is 0 Å². The maximum Gasteiger partial charge on any atom is 0.222 e. The summed E-state index contributed by atoms with van der Waals surface area (Å²) in [6.45, 7) is 0.497. The Hall–Kier alpha value is -1.46. The van der Waals surface area contributed by atoms with Gasteiger partial charge < -0.3 is 20.5 Å². The molecule has 1 fully saturated rings. The van der Waals surface area contributed by atoms with Gasteiger partial charge in [0.05, 0.1) is 7.11 Å². The predicted octanol–water partition coefficient (Wildman–Crippen LogP) is 2.30. The Labute approximate surface area is 137 Å². The molecule has 2 rings (SSSR count). The zero-order chi connectivity index (χ0) is 15.4. The van der Waals surface area contributed by atoms with Gasteiger partial charge in [0.2, 0.25) is 5.91 Å². The number of ether oxygens (including phenoxy) is 1. The van der Waals surface area contributed by atoms with Crippen LogP contribution < -0.4 is 10.5 Å². The Balaban J connectivity index is 0.00000242. The number of halogens is 1. The van der Waals surface area contributed by atoms with Gasteiger partial charge in [-0.25, -0.2) is 0 Å². The minimum absolute atomic E-state index is 0. The molecule has 0 bridgehead atoms. The second-order valence-corrected chi connectivity index (χ2v) is 5.81. The highest BCUT2D eigenvalue weighted by atomic mass is 35.5. The number of carbonyl (C=O) groups excluding carboxylic acids is 1. The van der Waals surface area contributed by atoms with Gasteiger partial charge >= 0.3 is 0 Å². The summed E-state index contributed by atoms with van der Waals surface area (Å²) in [4.78, 5) is 14.0. The summed E-state index contributed by atoms with van der Waals surface area (Å²) in [5, 5.41) is 9.58. The van der Waals surface area contributed by atoms with Gasteiger partial charge in [-0.2, -0.15) is 0 Å². The second kappa shape index (κ2) is 8.25. The number of phenolic OH excluding ortho intramolecular Hbond substituents is 1. The van der Waals surface area contributed by atoms with Crippen molar-refractivity contribution in [1.29, 1.82) is 0 Å². The normalized spacial score (nSPS) is 20.3. The summed E-state index contributed by atoms with van der Waals surface area (Å²) in [6, 6.07) is 5.29. The third-order valence-corrected chi connectivity index (χ3v) is 4.24. The fourth-order valence-corrected chi connectivity index (χ4v) is 2.88. The summed E-state index contributed by atoms with van der Waals surface area (Å²) in [5.41, 5.74) is 6.95. The molecule has 0 unspecified atom stereocenters. The standard InChI is InChI=1S/C16H24N2O3.ClH/c1-18(16(20)9-12-4-3-5-13(12)17)10-11-6-7-14(19)15(8-11)21-2;/h6-8,12-13,19H,3-5,9-10,17H2,1-2H3;1H/t12-,13+;/m0./s1. The molecule has 3 N–H and O–H groups in total. The van der Waals surface area contributed by atoms with E-state index in [1.54, 1.807) is 30.1 Å². The van der Waals surface area contributed by atoms with Gasteiger partial charge in [0.1, 0.15) is 0 Å². The van der Waals surface area contributed by atoms with E-state index in [1.165, 1.54) is 7.11 Å². The topological polar surface area (TPSA) is 75.8 Å². The molecule has 1 aliphatic rings. The van der Waals surface area contributed by atoms with Crippen LogP contribution >= 0.6 is 12.4 Å². The number of rotatable bonds is 5. The average Bonchev–Trinajstić information content (AvgIpc) is 2.86. The lowest BCUT2D eigenvalue weighted by Crippen LogP contribution is -2.32. The molecule has 1 aromatic rings. The van der Waals surface area contributed by atoms with E-state index in [9.17, 15) is 9.90 Å². The molecule has 2 atom stereocenters. The van der Waals surface area contributed by atoms with Gasteiger partial charge in [-0.1, -0.05) is 12.5 Å². The first-order valence-corrected chi connectivity index (χ1v) is 7.36. The Morgan fingerprint density at radius 2 is 2.18 bits per heavy atom. The maximum absolute atomic E-state index is 12.3. The molecular weight excluding hydrogens is 304 g/mol. The number of methoxy groups -OCH3 is 1. The van der Waals surface area contributed by atoms with Crippen LogP contribution in [0.25, 0.3) is 0 Å². The first kappa shape index (κ1) is 18.6. The zero-order valence-electron chi connectivity index (χ0n) is 13.1. The molecule has 0 heterocycles. The molecule has 1 amide bonds. The minimum Gasteiger partial charge on any atom is -0.504 e. The highest BCUT2D eigenvalue weighted by molar-refractivity contribution is 5.85. The van der Waals surface area contributed by atoms with Crippen molar-refractivity contribution in [1.82, 2.24) is 4.90 Å². The summed E-state index contributed by atoms with van der Waals surface area (Å²) in [5.74, 6) is 0.956. The van der Waals surface area contributed by atoms with Gasteiger partial charge in [-0.15, -0.1) is 12.4 Å². The molecule has 22 heavy (non-hydrogen) atoms. The molecule has 0 spiro atoms. The first-order valence-electron chi connectivity index (χ1n) is 7.36. The number of nitrogens with two attached hydrogens (primary N) is 1. The Kier molecular flexibility index (Phi) is 6.97. The lowest BCUT2D eigenvalue weighted by atomic mass is 9.99. The van der Waals surface area contributed by atoms with E-state index < -0.39 is 0 Å². The van der Waals surface area contributed by atoms with Crippen molar-refractivity contribution in [3.05, 3.63) is 23.8 Å². The third-order valence-electron chi connectivity index (χ3n) is 4.24. The quantitative estimate of drug-likeness (QED) is 0.869. The van der Waals surface area contributed by atoms with E-state index in [1.807, 2.05) is 0 Å². The van der Waals surface area contributed by atoms with Crippen LogP contribution in [0.5, 0.6) is 11.5 Å². The third kappa shape index (κ3) is 4.52. The Morgan fingerprint density at radius 1 is 1.45 bits per heavy atom. The number of benzene rings is 1. The van der Waals surface area contributed by atoms with Crippen molar-refractivity contribution in [2.75, 3.05) is 14.2 Å². The number of nitrogens with zero attached hydrogens (tertiary/aromatic N) is 1. The largest absolute Gasteiger partial charge is 0.504 e. The molecule has 1 aliphatic carbocycles. The molecule has 1 saturated carbocycles. The van der Waals surface area contributed by atoms with Crippen molar-refractivity contribution in [2.45, 2.75) is 38.3 Å². The van der Waals surface area contributed by atoms with E-state index in [4.69, 9.17) is 10.5 Å². The van der Waals surface area contributed by atoms with Crippen LogP contribution in [0.15, 0.2) is 18.2 Å². The monoisotopic (exact) mass is 328 g/mol. The van der Waals surface area contributed by atoms with Crippen LogP contribution in [-0.2, 0) is 11.3 Å². The van der Waals surface area contributed by atoms with Gasteiger partial charge in [-0.3, -0.25) is 4.79 Å². The number of hydrogen-bond donors (Lipinski definition) is 2. The van der Waals surface area contributed by atoms with E-state index in [0.29, 0.717) is 24.6 Å². The molecule has 0 aliphatic heterocycles. The van der Waals surface area contributed by atoms with E-state index in [2.05, 4.69) is 0 Å². The SMILES string of the molecule is COc1cc(CN(C)C(=O)C[C@@H]2CCC[C@H]2N)ccc1O.Cl. The highest BCUT2D eigenvalue weighted by Crippen LogP contribution is 2.28. The van der Waals surface area contributed by atoms with Crippen molar-refractivity contribution < 1.29 is 14.6 Å². The molecule has 0 saturated heterocycles. The molecule has 5 nitrogen and oxygen atoms in total. The number of phenols is 1. The van der Waals surface area contributed by atoms with Crippen molar-refractivity contribution in [2.24, 2.45) is 11.7 Å². The van der Waals surface area contributed by atoms with Crippen molar-refractivity contribution in [3.8, 4) is 11.5 Å². The van der Waals surface area contributed by atoms with E-state index in [-0.39, 0.29) is 30.1 Å². The minimum atomic E-state index is 0. The molecule has 6 heteroatoms.